The number of benzene rings is 1. The number of amides is 2. The van der Waals surface area contributed by atoms with E-state index in [9.17, 15) is 9.59 Å². The van der Waals surface area contributed by atoms with E-state index in [0.717, 1.165) is 11.3 Å². The smallest absolute Gasteiger partial charge is 0.272 e. The van der Waals surface area contributed by atoms with E-state index >= 15 is 0 Å². The summed E-state index contributed by atoms with van der Waals surface area (Å²) in [5.41, 5.74) is 1.74. The van der Waals surface area contributed by atoms with Gasteiger partial charge >= 0.3 is 0 Å². The molecule has 1 aromatic carbocycles. The summed E-state index contributed by atoms with van der Waals surface area (Å²) >= 11 is 0. The van der Waals surface area contributed by atoms with Crippen LogP contribution in [-0.4, -0.2) is 48.4 Å². The molecule has 0 fully saturated rings. The summed E-state index contributed by atoms with van der Waals surface area (Å²) < 4.78 is 5.31. The number of nitrogens with one attached hydrogen (secondary N) is 1. The first kappa shape index (κ1) is 19.4. The van der Waals surface area contributed by atoms with Crippen molar-refractivity contribution in [3.8, 4) is 5.75 Å². The third kappa shape index (κ3) is 4.81. The van der Waals surface area contributed by atoms with Crippen molar-refractivity contribution in [2.45, 2.75) is 20.3 Å². The van der Waals surface area contributed by atoms with Crippen molar-refractivity contribution < 1.29 is 14.3 Å². The van der Waals surface area contributed by atoms with Crippen LogP contribution in [0.5, 0.6) is 5.75 Å². The van der Waals surface area contributed by atoms with E-state index in [-0.39, 0.29) is 17.5 Å². The van der Waals surface area contributed by atoms with Gasteiger partial charge in [-0.15, -0.1) is 0 Å². The summed E-state index contributed by atoms with van der Waals surface area (Å²) in [7, 11) is 1.63. The number of nitrogens with zero attached hydrogens (tertiary/aromatic N) is 2. The van der Waals surface area contributed by atoms with Crippen LogP contribution in [0.3, 0.4) is 0 Å². The number of para-hydroxylation sites is 1. The van der Waals surface area contributed by atoms with E-state index in [0.29, 0.717) is 31.6 Å². The Morgan fingerprint density at radius 1 is 1.15 bits per heavy atom. The van der Waals surface area contributed by atoms with E-state index in [1.165, 1.54) is 6.20 Å². The second kappa shape index (κ2) is 9.56. The summed E-state index contributed by atoms with van der Waals surface area (Å²) in [4.78, 5) is 30.5. The van der Waals surface area contributed by atoms with Crippen molar-refractivity contribution >= 4 is 11.8 Å². The number of pyridine rings is 1. The molecule has 0 radical (unpaired) electrons. The molecule has 0 atom stereocenters. The SMILES string of the molecule is CCN(CC)C(=O)c1cc(C(=O)NCCc2ccccc2OC)ccn1. The lowest BCUT2D eigenvalue weighted by molar-refractivity contribution is 0.0767. The van der Waals surface area contributed by atoms with Gasteiger partial charge in [-0.2, -0.15) is 0 Å². The fraction of sp³-hybridized carbons (Fsp3) is 0.350. The first-order valence-corrected chi connectivity index (χ1v) is 8.76. The van der Waals surface area contributed by atoms with Crippen LogP contribution < -0.4 is 10.1 Å². The lowest BCUT2D eigenvalue weighted by Crippen LogP contribution is -2.31. The second-order valence-corrected chi connectivity index (χ2v) is 5.72. The van der Waals surface area contributed by atoms with Crippen LogP contribution >= 0.6 is 0 Å². The molecule has 2 rings (SSSR count). The highest BCUT2D eigenvalue weighted by molar-refractivity contribution is 5.98. The van der Waals surface area contributed by atoms with Crippen LogP contribution in [0.1, 0.15) is 40.3 Å². The number of aromatic nitrogens is 1. The fourth-order valence-corrected chi connectivity index (χ4v) is 2.68. The van der Waals surface area contributed by atoms with Crippen molar-refractivity contribution in [2.75, 3.05) is 26.7 Å². The largest absolute Gasteiger partial charge is 0.496 e. The van der Waals surface area contributed by atoms with E-state index in [2.05, 4.69) is 10.3 Å². The van der Waals surface area contributed by atoms with E-state index in [1.807, 2.05) is 38.1 Å². The molecule has 0 aliphatic carbocycles. The molecule has 0 aliphatic heterocycles. The molecule has 2 amide bonds. The number of hydrogen-bond acceptors (Lipinski definition) is 4. The molecule has 0 saturated carbocycles. The molecule has 1 N–H and O–H groups in total. The Hall–Kier alpha value is -2.89. The minimum Gasteiger partial charge on any atom is -0.496 e. The molecule has 0 spiro atoms. The summed E-state index contributed by atoms with van der Waals surface area (Å²) in [5.74, 6) is 0.410. The van der Waals surface area contributed by atoms with Crippen LogP contribution in [0.15, 0.2) is 42.6 Å². The standard InChI is InChI=1S/C20H25N3O3/c1-4-23(5-2)20(25)17-14-16(11-12-21-17)19(24)22-13-10-15-8-6-7-9-18(15)26-3/h6-9,11-12,14H,4-5,10,13H2,1-3H3,(H,22,24). The van der Waals surface area contributed by atoms with Gasteiger partial charge in [0.1, 0.15) is 11.4 Å². The van der Waals surface area contributed by atoms with Gasteiger partial charge in [0.15, 0.2) is 0 Å². The van der Waals surface area contributed by atoms with Gasteiger partial charge in [0.2, 0.25) is 0 Å². The molecule has 0 bridgehead atoms. The molecule has 6 heteroatoms. The third-order valence-corrected chi connectivity index (χ3v) is 4.16. The zero-order chi connectivity index (χ0) is 18.9. The van der Waals surface area contributed by atoms with Crippen LogP contribution in [0.4, 0.5) is 0 Å². The first-order chi connectivity index (χ1) is 12.6. The number of ether oxygens (including phenoxy) is 1. The lowest BCUT2D eigenvalue weighted by Gasteiger charge is -2.18. The quantitative estimate of drug-likeness (QED) is 0.790. The fourth-order valence-electron chi connectivity index (χ4n) is 2.68. The average molecular weight is 355 g/mol. The number of rotatable bonds is 8. The van der Waals surface area contributed by atoms with Crippen LogP contribution in [0, 0.1) is 0 Å². The van der Waals surface area contributed by atoms with Crippen LogP contribution in [0.2, 0.25) is 0 Å². The van der Waals surface area contributed by atoms with Gasteiger partial charge in [0.05, 0.1) is 7.11 Å². The predicted octanol–water partition coefficient (Wildman–Crippen LogP) is 2.54. The molecule has 26 heavy (non-hydrogen) atoms. The number of hydrogen-bond donors (Lipinski definition) is 1. The predicted molar refractivity (Wildman–Crippen MR) is 101 cm³/mol. The van der Waals surface area contributed by atoms with Crippen molar-refractivity contribution in [1.82, 2.24) is 15.2 Å². The molecular weight excluding hydrogens is 330 g/mol. The summed E-state index contributed by atoms with van der Waals surface area (Å²) in [6.07, 6.45) is 2.15. The Kier molecular flexibility index (Phi) is 7.14. The highest BCUT2D eigenvalue weighted by Gasteiger charge is 2.16. The molecule has 138 valence electrons. The summed E-state index contributed by atoms with van der Waals surface area (Å²) in [5, 5.41) is 2.87. The van der Waals surface area contributed by atoms with Gasteiger partial charge in [-0.25, -0.2) is 0 Å². The zero-order valence-electron chi connectivity index (χ0n) is 15.5. The van der Waals surface area contributed by atoms with Crippen molar-refractivity contribution in [3.05, 3.63) is 59.4 Å². The van der Waals surface area contributed by atoms with Crippen LogP contribution in [0.25, 0.3) is 0 Å². The Labute approximate surface area is 154 Å². The molecule has 0 aliphatic rings. The van der Waals surface area contributed by atoms with E-state index in [1.54, 1.807) is 24.1 Å². The maximum Gasteiger partial charge on any atom is 0.272 e. The number of methoxy groups -OCH3 is 1. The number of carbonyl (C=O) groups excluding carboxylic acids is 2. The highest BCUT2D eigenvalue weighted by atomic mass is 16.5. The van der Waals surface area contributed by atoms with Gasteiger partial charge in [-0.1, -0.05) is 18.2 Å². The first-order valence-electron chi connectivity index (χ1n) is 8.76. The Morgan fingerprint density at radius 2 is 1.88 bits per heavy atom. The summed E-state index contributed by atoms with van der Waals surface area (Å²) in [6, 6.07) is 10.9. The van der Waals surface area contributed by atoms with Crippen molar-refractivity contribution in [2.24, 2.45) is 0 Å². The molecular formula is C20H25N3O3. The topological polar surface area (TPSA) is 71.5 Å². The minimum atomic E-state index is -0.226. The average Bonchev–Trinajstić information content (AvgIpc) is 2.69. The van der Waals surface area contributed by atoms with E-state index < -0.39 is 0 Å². The summed E-state index contributed by atoms with van der Waals surface area (Å²) in [6.45, 7) is 5.51. The third-order valence-electron chi connectivity index (χ3n) is 4.16. The van der Waals surface area contributed by atoms with Gasteiger partial charge in [-0.3, -0.25) is 14.6 Å². The van der Waals surface area contributed by atoms with Gasteiger partial charge in [-0.05, 0) is 44.0 Å². The monoisotopic (exact) mass is 355 g/mol. The lowest BCUT2D eigenvalue weighted by atomic mass is 10.1. The molecule has 0 unspecified atom stereocenters. The van der Waals surface area contributed by atoms with E-state index in [4.69, 9.17) is 4.74 Å². The zero-order valence-corrected chi connectivity index (χ0v) is 15.5. The van der Waals surface area contributed by atoms with Crippen LogP contribution in [-0.2, 0) is 6.42 Å². The molecule has 1 heterocycles. The molecule has 2 aromatic rings. The maximum atomic E-state index is 12.4. The Balaban J connectivity index is 1.99. The highest BCUT2D eigenvalue weighted by Crippen LogP contribution is 2.17. The van der Waals surface area contributed by atoms with Gasteiger partial charge in [0.25, 0.3) is 11.8 Å². The van der Waals surface area contributed by atoms with Crippen molar-refractivity contribution in [1.29, 1.82) is 0 Å². The Bertz CT molecular complexity index is 757. The maximum absolute atomic E-state index is 12.4. The molecule has 0 saturated heterocycles. The number of carbonyl (C=O) groups is 2. The van der Waals surface area contributed by atoms with Gasteiger partial charge in [0, 0.05) is 31.4 Å². The molecule has 1 aromatic heterocycles. The van der Waals surface area contributed by atoms with Crippen molar-refractivity contribution in [3.63, 3.8) is 0 Å². The normalized spacial score (nSPS) is 10.3. The second-order valence-electron chi connectivity index (χ2n) is 5.72. The Morgan fingerprint density at radius 3 is 2.58 bits per heavy atom. The molecule has 6 nitrogen and oxygen atoms in total. The minimum absolute atomic E-state index is 0.168. The van der Waals surface area contributed by atoms with Gasteiger partial charge < -0.3 is 15.0 Å².